The van der Waals surface area contributed by atoms with Crippen LogP contribution < -0.4 is 0 Å². The van der Waals surface area contributed by atoms with Crippen LogP contribution in [0.3, 0.4) is 0 Å². The van der Waals surface area contributed by atoms with Gasteiger partial charge in [0.15, 0.2) is 6.61 Å². The fourth-order valence-electron chi connectivity index (χ4n) is 3.37. The van der Waals surface area contributed by atoms with E-state index in [2.05, 4.69) is 15.5 Å². The standard InChI is InChI=1S/C22H18FN5O3/c1-14-11-18(15(2)28(14)20-6-4-3-5-19(20)23)21(29)12-31-22(30)16-7-9-17(10-8-16)27-13-24-25-26-27/h3-11,13H,12H2,1-2H3. The predicted octanol–water partition coefficient (Wildman–Crippen LogP) is 3.25. The predicted molar refractivity (Wildman–Crippen MR) is 109 cm³/mol. The summed E-state index contributed by atoms with van der Waals surface area (Å²) in [6.45, 7) is 3.09. The minimum absolute atomic E-state index is 0.293. The highest BCUT2D eigenvalue weighted by atomic mass is 19.1. The molecule has 4 rings (SSSR count). The van der Waals surface area contributed by atoms with Gasteiger partial charge in [0.2, 0.25) is 5.78 Å². The molecule has 0 fully saturated rings. The maximum absolute atomic E-state index is 14.2. The van der Waals surface area contributed by atoms with Gasteiger partial charge < -0.3 is 9.30 Å². The number of hydrogen-bond donors (Lipinski definition) is 0. The van der Waals surface area contributed by atoms with Gasteiger partial charge in [0, 0.05) is 17.0 Å². The van der Waals surface area contributed by atoms with Crippen molar-refractivity contribution < 1.29 is 18.7 Å². The second kappa shape index (κ2) is 8.31. The molecular formula is C22H18FN5O3. The van der Waals surface area contributed by atoms with Crippen LogP contribution in [-0.2, 0) is 4.74 Å². The number of halogens is 1. The number of hydrogen-bond acceptors (Lipinski definition) is 6. The van der Waals surface area contributed by atoms with Crippen molar-refractivity contribution in [3.63, 3.8) is 0 Å². The maximum atomic E-state index is 14.2. The summed E-state index contributed by atoms with van der Waals surface area (Å²) in [6, 6.07) is 14.5. The molecule has 2 heterocycles. The molecule has 0 spiro atoms. The SMILES string of the molecule is Cc1cc(C(=O)COC(=O)c2ccc(-n3cnnn3)cc2)c(C)n1-c1ccccc1F. The highest BCUT2D eigenvalue weighted by molar-refractivity contribution is 6.00. The van der Waals surface area contributed by atoms with Crippen LogP contribution in [0.1, 0.15) is 32.1 Å². The van der Waals surface area contributed by atoms with Crippen LogP contribution in [0.4, 0.5) is 4.39 Å². The van der Waals surface area contributed by atoms with Crippen molar-refractivity contribution in [2.45, 2.75) is 13.8 Å². The highest BCUT2D eigenvalue weighted by Gasteiger charge is 2.20. The van der Waals surface area contributed by atoms with E-state index in [0.717, 1.165) is 0 Å². The van der Waals surface area contributed by atoms with Crippen molar-refractivity contribution in [1.29, 1.82) is 0 Å². The van der Waals surface area contributed by atoms with Crippen LogP contribution >= 0.6 is 0 Å². The molecule has 0 bridgehead atoms. The molecule has 8 nitrogen and oxygen atoms in total. The Bertz CT molecular complexity index is 1250. The van der Waals surface area contributed by atoms with Crippen LogP contribution in [-0.4, -0.2) is 43.1 Å². The first-order chi connectivity index (χ1) is 15.0. The van der Waals surface area contributed by atoms with E-state index < -0.39 is 12.6 Å². The zero-order chi connectivity index (χ0) is 22.0. The Morgan fingerprint density at radius 1 is 1.06 bits per heavy atom. The van der Waals surface area contributed by atoms with Crippen molar-refractivity contribution in [1.82, 2.24) is 24.8 Å². The van der Waals surface area contributed by atoms with Crippen molar-refractivity contribution in [3.8, 4) is 11.4 Å². The van der Waals surface area contributed by atoms with Crippen molar-refractivity contribution in [3.05, 3.63) is 89.3 Å². The number of esters is 1. The lowest BCUT2D eigenvalue weighted by atomic mass is 10.1. The molecule has 4 aromatic rings. The molecule has 0 N–H and O–H groups in total. The second-order valence-electron chi connectivity index (χ2n) is 6.87. The topological polar surface area (TPSA) is 91.9 Å². The average Bonchev–Trinajstić information content (AvgIpc) is 3.41. The van der Waals surface area contributed by atoms with Crippen LogP contribution in [0.5, 0.6) is 0 Å². The summed E-state index contributed by atoms with van der Waals surface area (Å²) >= 11 is 0. The fourth-order valence-corrected chi connectivity index (χ4v) is 3.37. The molecule has 0 aliphatic rings. The van der Waals surface area contributed by atoms with Gasteiger partial charge in [-0.05, 0) is 66.7 Å². The minimum Gasteiger partial charge on any atom is -0.454 e. The molecule has 9 heteroatoms. The van der Waals surface area contributed by atoms with Crippen LogP contribution in [0, 0.1) is 19.7 Å². The van der Waals surface area contributed by atoms with E-state index in [9.17, 15) is 14.0 Å². The number of rotatable bonds is 6. The molecule has 31 heavy (non-hydrogen) atoms. The number of para-hydroxylation sites is 1. The largest absolute Gasteiger partial charge is 0.454 e. The van der Waals surface area contributed by atoms with Gasteiger partial charge in [0.25, 0.3) is 0 Å². The third-order valence-electron chi connectivity index (χ3n) is 4.88. The van der Waals surface area contributed by atoms with E-state index >= 15 is 0 Å². The van der Waals surface area contributed by atoms with Gasteiger partial charge in [0.1, 0.15) is 12.1 Å². The number of benzene rings is 2. The average molecular weight is 419 g/mol. The lowest BCUT2D eigenvalue weighted by molar-refractivity contribution is 0.0474. The first kappa shape index (κ1) is 20.1. The molecule has 0 saturated heterocycles. The Hall–Kier alpha value is -4.14. The molecule has 0 aliphatic carbocycles. The van der Waals surface area contributed by atoms with Crippen molar-refractivity contribution in [2.24, 2.45) is 0 Å². The molecule has 156 valence electrons. The van der Waals surface area contributed by atoms with E-state index in [-0.39, 0.29) is 11.6 Å². The Kier molecular flexibility index (Phi) is 5.40. The Labute approximate surface area is 176 Å². The fraction of sp³-hybridized carbons (Fsp3) is 0.136. The minimum atomic E-state index is -0.625. The maximum Gasteiger partial charge on any atom is 0.338 e. The van der Waals surface area contributed by atoms with E-state index in [4.69, 9.17) is 4.74 Å². The smallest absolute Gasteiger partial charge is 0.338 e. The molecular weight excluding hydrogens is 401 g/mol. The van der Waals surface area contributed by atoms with Gasteiger partial charge >= 0.3 is 5.97 Å². The van der Waals surface area contributed by atoms with Crippen LogP contribution in [0.25, 0.3) is 11.4 Å². The van der Waals surface area contributed by atoms with E-state index in [1.165, 1.54) is 17.1 Å². The van der Waals surface area contributed by atoms with Gasteiger partial charge in [-0.15, -0.1) is 5.10 Å². The van der Waals surface area contributed by atoms with Crippen molar-refractivity contribution >= 4 is 11.8 Å². The van der Waals surface area contributed by atoms with Crippen LogP contribution in [0.15, 0.2) is 60.9 Å². The van der Waals surface area contributed by atoms with Crippen LogP contribution in [0.2, 0.25) is 0 Å². The summed E-state index contributed by atoms with van der Waals surface area (Å²) in [6.07, 6.45) is 1.43. The first-order valence-electron chi connectivity index (χ1n) is 9.43. The number of carbonyl (C=O) groups excluding carboxylic acids is 2. The number of tetrazole rings is 1. The molecule has 0 atom stereocenters. The van der Waals surface area contributed by atoms with Gasteiger partial charge in [-0.2, -0.15) is 0 Å². The monoisotopic (exact) mass is 419 g/mol. The number of aryl methyl sites for hydroxylation is 1. The number of nitrogens with zero attached hydrogens (tertiary/aromatic N) is 5. The molecule has 2 aromatic heterocycles. The molecule has 2 aromatic carbocycles. The second-order valence-corrected chi connectivity index (χ2v) is 6.87. The molecule has 0 aliphatic heterocycles. The molecule has 0 amide bonds. The highest BCUT2D eigenvalue weighted by Crippen LogP contribution is 2.23. The third-order valence-corrected chi connectivity index (χ3v) is 4.88. The van der Waals surface area contributed by atoms with Gasteiger partial charge in [-0.3, -0.25) is 4.79 Å². The summed E-state index contributed by atoms with van der Waals surface area (Å²) < 4.78 is 22.5. The summed E-state index contributed by atoms with van der Waals surface area (Å²) in [7, 11) is 0. The quantitative estimate of drug-likeness (QED) is 0.352. The number of carbonyl (C=O) groups is 2. The van der Waals surface area contributed by atoms with Gasteiger partial charge in [-0.25, -0.2) is 13.9 Å². The van der Waals surface area contributed by atoms with Gasteiger partial charge in [0.05, 0.1) is 16.9 Å². The normalized spacial score (nSPS) is 10.8. The molecule has 0 radical (unpaired) electrons. The van der Waals surface area contributed by atoms with Crippen molar-refractivity contribution in [2.75, 3.05) is 6.61 Å². The zero-order valence-electron chi connectivity index (χ0n) is 16.8. The van der Waals surface area contributed by atoms with Gasteiger partial charge in [-0.1, -0.05) is 12.1 Å². The summed E-state index contributed by atoms with van der Waals surface area (Å²) in [5.74, 6) is -1.38. The number of aromatic nitrogens is 5. The summed E-state index contributed by atoms with van der Waals surface area (Å²) in [5, 5.41) is 10.9. The Balaban J connectivity index is 1.46. The summed E-state index contributed by atoms with van der Waals surface area (Å²) in [4.78, 5) is 25.0. The number of ketones is 1. The lowest BCUT2D eigenvalue weighted by Gasteiger charge is -2.11. The van der Waals surface area contributed by atoms with E-state index in [0.29, 0.717) is 33.9 Å². The Morgan fingerprint density at radius 2 is 1.81 bits per heavy atom. The first-order valence-corrected chi connectivity index (χ1v) is 9.43. The Morgan fingerprint density at radius 3 is 2.48 bits per heavy atom. The third kappa shape index (κ3) is 3.97. The van der Waals surface area contributed by atoms with E-state index in [1.807, 2.05) is 0 Å². The van der Waals surface area contributed by atoms with E-state index in [1.54, 1.807) is 66.9 Å². The molecule has 0 saturated carbocycles. The summed E-state index contributed by atoms with van der Waals surface area (Å²) in [5.41, 5.74) is 2.99. The number of Topliss-reactive ketones (excluding diaryl/α,β-unsaturated/α-hetero) is 1. The zero-order valence-corrected chi connectivity index (χ0v) is 16.8. The lowest BCUT2D eigenvalue weighted by Crippen LogP contribution is -2.15. The molecule has 0 unspecified atom stereocenters. The number of ether oxygens (including phenoxy) is 1.